The second-order valence-electron chi connectivity index (χ2n) is 0.0527. The SMILES string of the molecule is C.[O]=[Pt]=[O]. The Bertz CT molecular complexity index is 27.0. The number of rotatable bonds is 0. The van der Waals surface area contributed by atoms with E-state index < -0.39 is 18.5 Å². The molecule has 0 spiro atoms. The standard InChI is InChI=1S/CH4.2O.Pt/h1H4;;;. The van der Waals surface area contributed by atoms with Gasteiger partial charge in [-0.15, -0.1) is 0 Å². The molecule has 4 heavy (non-hydrogen) atoms. The maximum atomic E-state index is 8.49. The van der Waals surface area contributed by atoms with Gasteiger partial charge in [-0.05, 0) is 0 Å². The van der Waals surface area contributed by atoms with Crippen molar-refractivity contribution >= 4 is 0 Å². The minimum absolute atomic E-state index is 0. The average molecular weight is 243 g/mol. The zero-order chi connectivity index (χ0) is 2.71. The van der Waals surface area contributed by atoms with Gasteiger partial charge in [-0.1, -0.05) is 7.43 Å². The van der Waals surface area contributed by atoms with Crippen LogP contribution in [-0.4, -0.2) is 0 Å². The first-order valence-electron chi connectivity index (χ1n) is 0.258. The first-order chi connectivity index (χ1) is 1.41. The summed E-state index contributed by atoms with van der Waals surface area (Å²) in [6, 6.07) is 0. The second-order valence-corrected chi connectivity index (χ2v) is 0.431. The van der Waals surface area contributed by atoms with Crippen molar-refractivity contribution in [2.24, 2.45) is 0 Å². The Morgan fingerprint density at radius 3 is 1.25 bits per heavy atom. The Kier molecular flexibility index (Phi) is 23.0. The maximum absolute atomic E-state index is 8.49. The summed E-state index contributed by atoms with van der Waals surface area (Å²) in [5.74, 6) is 0. The normalized spacial score (nSPS) is 5.00. The molecule has 0 rings (SSSR count). The predicted octanol–water partition coefficient (Wildman–Crippen LogP) is 0.396. The quantitative estimate of drug-likeness (QED) is 0.617. The van der Waals surface area contributed by atoms with E-state index in [1.54, 1.807) is 0 Å². The van der Waals surface area contributed by atoms with Crippen LogP contribution in [-0.2, 0) is 25.3 Å². The van der Waals surface area contributed by atoms with Crippen LogP contribution in [0.4, 0.5) is 0 Å². The summed E-state index contributed by atoms with van der Waals surface area (Å²) in [6.07, 6.45) is 0. The third-order valence-electron chi connectivity index (χ3n) is 0. The molecule has 0 fully saturated rings. The van der Waals surface area contributed by atoms with Gasteiger partial charge in [0, 0.05) is 0 Å². The third kappa shape index (κ3) is 45.7. The zero-order valence-electron chi connectivity index (χ0n) is 1.13. The van der Waals surface area contributed by atoms with E-state index in [4.69, 9.17) is 6.80 Å². The van der Waals surface area contributed by atoms with Gasteiger partial charge in [0.2, 0.25) is 0 Å². The van der Waals surface area contributed by atoms with E-state index in [9.17, 15) is 0 Å². The summed E-state index contributed by atoms with van der Waals surface area (Å²) in [6.45, 7) is 0. The molecule has 0 saturated carbocycles. The molecule has 0 aromatic carbocycles. The van der Waals surface area contributed by atoms with Gasteiger partial charge in [0.15, 0.2) is 0 Å². The fourth-order valence-electron chi connectivity index (χ4n) is 0. The predicted molar refractivity (Wildman–Crippen MR) is 8.10 cm³/mol. The molecular weight excluding hydrogens is 239 g/mol. The second kappa shape index (κ2) is 10.4. The van der Waals surface area contributed by atoms with Gasteiger partial charge in [0.25, 0.3) is 0 Å². The van der Waals surface area contributed by atoms with E-state index in [1.165, 1.54) is 0 Å². The summed E-state index contributed by atoms with van der Waals surface area (Å²) < 4.78 is 17.0. The fraction of sp³-hybridized carbons (Fsp3) is 1.00. The summed E-state index contributed by atoms with van der Waals surface area (Å²) in [7, 11) is 0. The van der Waals surface area contributed by atoms with Crippen molar-refractivity contribution in [1.82, 2.24) is 0 Å². The third-order valence-corrected chi connectivity index (χ3v) is 0. The average Bonchev–Trinajstić information content (AvgIpc) is 0.918. The zero-order valence-corrected chi connectivity index (χ0v) is 3.40. The van der Waals surface area contributed by atoms with Gasteiger partial charge < -0.3 is 0 Å². The van der Waals surface area contributed by atoms with Gasteiger partial charge in [-0.25, -0.2) is 0 Å². The van der Waals surface area contributed by atoms with Crippen molar-refractivity contribution in [2.75, 3.05) is 0 Å². The minimum atomic E-state index is -1.92. The van der Waals surface area contributed by atoms with E-state index in [2.05, 4.69) is 0 Å². The topological polar surface area (TPSA) is 34.1 Å². The molecule has 0 saturated heterocycles. The van der Waals surface area contributed by atoms with Crippen LogP contribution in [0.1, 0.15) is 7.43 Å². The summed E-state index contributed by atoms with van der Waals surface area (Å²) >= 11 is -1.92. The Hall–Kier alpha value is 0.288. The molecule has 0 atom stereocenters. The van der Waals surface area contributed by atoms with Crippen molar-refractivity contribution in [2.45, 2.75) is 7.43 Å². The monoisotopic (exact) mass is 243 g/mol. The van der Waals surface area contributed by atoms with Gasteiger partial charge >= 0.3 is 25.3 Å². The van der Waals surface area contributed by atoms with Crippen LogP contribution in [0.5, 0.6) is 0 Å². The van der Waals surface area contributed by atoms with Crippen molar-refractivity contribution in [3.8, 4) is 0 Å². The molecule has 0 aromatic heterocycles. The molecule has 2 nitrogen and oxygen atoms in total. The summed E-state index contributed by atoms with van der Waals surface area (Å²) in [4.78, 5) is 0. The molecule has 0 aliphatic heterocycles. The van der Waals surface area contributed by atoms with Crippen molar-refractivity contribution in [3.63, 3.8) is 0 Å². The first kappa shape index (κ1) is 8.86. The molecule has 0 aliphatic rings. The molecule has 0 N–H and O–H groups in total. The van der Waals surface area contributed by atoms with Crippen molar-refractivity contribution < 1.29 is 25.3 Å². The Morgan fingerprint density at radius 2 is 1.25 bits per heavy atom. The summed E-state index contributed by atoms with van der Waals surface area (Å²) in [5.41, 5.74) is 0. The Balaban J connectivity index is 0. The van der Waals surface area contributed by atoms with Crippen molar-refractivity contribution in [3.05, 3.63) is 0 Å². The van der Waals surface area contributed by atoms with E-state index in [0.29, 0.717) is 0 Å². The van der Waals surface area contributed by atoms with Gasteiger partial charge in [0.1, 0.15) is 0 Å². The molecule has 0 amide bonds. The molecule has 30 valence electrons. The molecule has 0 aliphatic carbocycles. The number of hydrogen-bond donors (Lipinski definition) is 0. The van der Waals surface area contributed by atoms with Gasteiger partial charge in [-0.3, -0.25) is 0 Å². The van der Waals surface area contributed by atoms with Crippen LogP contribution < -0.4 is 0 Å². The van der Waals surface area contributed by atoms with E-state index in [-0.39, 0.29) is 7.43 Å². The van der Waals surface area contributed by atoms with Gasteiger partial charge in [-0.2, -0.15) is 0 Å². The Morgan fingerprint density at radius 1 is 1.25 bits per heavy atom. The Labute approximate surface area is 33.4 Å². The van der Waals surface area contributed by atoms with Crippen LogP contribution in [0.2, 0.25) is 0 Å². The molecule has 0 heterocycles. The summed E-state index contributed by atoms with van der Waals surface area (Å²) in [5, 5.41) is 0. The van der Waals surface area contributed by atoms with Crippen LogP contribution in [0.25, 0.3) is 0 Å². The first-order valence-corrected chi connectivity index (χ1v) is 2.11. The molecule has 3 heteroatoms. The number of hydrogen-bond acceptors (Lipinski definition) is 2. The molecule has 0 aromatic rings. The van der Waals surface area contributed by atoms with E-state index in [1.807, 2.05) is 0 Å². The van der Waals surface area contributed by atoms with Crippen LogP contribution in [0, 0.1) is 0 Å². The van der Waals surface area contributed by atoms with Crippen molar-refractivity contribution in [1.29, 1.82) is 0 Å². The van der Waals surface area contributed by atoms with E-state index >= 15 is 0 Å². The molecular formula is CH4O2Pt. The van der Waals surface area contributed by atoms with Crippen LogP contribution in [0.3, 0.4) is 0 Å². The molecule has 0 bridgehead atoms. The van der Waals surface area contributed by atoms with Gasteiger partial charge in [0.05, 0.1) is 0 Å². The molecule has 0 unspecified atom stereocenters. The fourth-order valence-corrected chi connectivity index (χ4v) is 0. The molecule has 0 radical (unpaired) electrons. The van der Waals surface area contributed by atoms with E-state index in [0.717, 1.165) is 0 Å². The van der Waals surface area contributed by atoms with Crippen LogP contribution in [0.15, 0.2) is 0 Å². The van der Waals surface area contributed by atoms with Crippen LogP contribution >= 0.6 is 0 Å².